The molecule has 0 fully saturated rings. The highest BCUT2D eigenvalue weighted by Crippen LogP contribution is 2.07. The first-order valence-electron chi connectivity index (χ1n) is 2.34. The van der Waals surface area contributed by atoms with Crippen molar-refractivity contribution in [2.75, 3.05) is 0 Å². The molecule has 0 saturated heterocycles. The van der Waals surface area contributed by atoms with Crippen LogP contribution >= 0.6 is 11.6 Å². The maximum Gasteiger partial charge on any atom is 0.503 e. The van der Waals surface area contributed by atoms with Crippen LogP contribution in [-0.2, 0) is 0 Å². The molecule has 0 heterocycles. The average molecular weight is 155 g/mol. The minimum Gasteiger partial charge on any atom is -0.450 e. The van der Waals surface area contributed by atoms with E-state index in [1.165, 1.54) is 0 Å². The van der Waals surface area contributed by atoms with Gasteiger partial charge in [-0.25, -0.2) is 4.79 Å². The van der Waals surface area contributed by atoms with E-state index in [4.69, 9.17) is 26.6 Å². The van der Waals surface area contributed by atoms with Crippen LogP contribution in [0.3, 0.4) is 0 Å². The molecule has 0 aliphatic rings. The quantitative estimate of drug-likeness (QED) is 0.526. The molecule has 3 nitrogen and oxygen atoms in total. The number of alkyl halides is 1. The van der Waals surface area contributed by atoms with Crippen molar-refractivity contribution < 1.29 is 15.0 Å². The number of carboxylic acid groups (broad SMARTS) is 2. The normalized spacial score (nSPS) is 9.33. The molecule has 0 rings (SSSR count). The monoisotopic (exact) mass is 154 g/mol. The second-order valence-electron chi connectivity index (χ2n) is 2.35. The average Bonchev–Trinajstić information content (AvgIpc) is 1.19. The smallest absolute Gasteiger partial charge is 0.450 e. The van der Waals surface area contributed by atoms with E-state index in [1.54, 1.807) is 0 Å². The fourth-order valence-electron chi connectivity index (χ4n) is 0. The molecular weight excluding hydrogens is 144 g/mol. The predicted octanol–water partition coefficient (Wildman–Crippen LogP) is 2.25. The number of carbonyl (C=O) groups is 1. The van der Waals surface area contributed by atoms with Crippen LogP contribution < -0.4 is 0 Å². The Kier molecular flexibility index (Phi) is 5.61. The molecule has 56 valence electrons. The van der Waals surface area contributed by atoms with Crippen LogP contribution in [0.4, 0.5) is 4.79 Å². The lowest BCUT2D eigenvalue weighted by molar-refractivity contribution is 0.137. The van der Waals surface area contributed by atoms with Crippen LogP contribution in [0.5, 0.6) is 0 Å². The summed E-state index contributed by atoms with van der Waals surface area (Å²) in [6.45, 7) is 5.86. The maximum atomic E-state index is 8.56. The lowest BCUT2D eigenvalue weighted by Crippen LogP contribution is -1.99. The van der Waals surface area contributed by atoms with Gasteiger partial charge in [0.15, 0.2) is 0 Å². The molecule has 9 heavy (non-hydrogen) atoms. The van der Waals surface area contributed by atoms with Crippen LogP contribution in [0.2, 0.25) is 0 Å². The lowest BCUT2D eigenvalue weighted by atomic mass is 10.3. The molecule has 0 saturated carbocycles. The Morgan fingerprint density at radius 3 is 1.33 bits per heavy atom. The molecule has 0 radical (unpaired) electrons. The van der Waals surface area contributed by atoms with Crippen molar-refractivity contribution in [2.45, 2.75) is 25.6 Å². The molecule has 0 aromatic carbocycles. The van der Waals surface area contributed by atoms with Gasteiger partial charge in [0, 0.05) is 4.87 Å². The third-order valence-corrected chi connectivity index (χ3v) is 0. The van der Waals surface area contributed by atoms with Crippen molar-refractivity contribution in [2.24, 2.45) is 0 Å². The Labute approximate surface area is 59.3 Å². The van der Waals surface area contributed by atoms with E-state index in [0.717, 1.165) is 0 Å². The van der Waals surface area contributed by atoms with Crippen molar-refractivity contribution >= 4 is 17.8 Å². The number of hydrogen-bond acceptors (Lipinski definition) is 1. The van der Waals surface area contributed by atoms with Gasteiger partial charge in [0.25, 0.3) is 0 Å². The second-order valence-corrected chi connectivity index (χ2v) is 3.48. The van der Waals surface area contributed by atoms with Crippen LogP contribution in [0.1, 0.15) is 20.8 Å². The van der Waals surface area contributed by atoms with E-state index in [9.17, 15) is 0 Å². The third-order valence-electron chi connectivity index (χ3n) is 0. The Balaban J connectivity index is 0. The Hall–Kier alpha value is -0.440. The van der Waals surface area contributed by atoms with Crippen molar-refractivity contribution in [3.63, 3.8) is 0 Å². The summed E-state index contributed by atoms with van der Waals surface area (Å²) in [7, 11) is 0. The molecule has 0 amide bonds. The van der Waals surface area contributed by atoms with Crippen molar-refractivity contribution in [1.82, 2.24) is 0 Å². The summed E-state index contributed by atoms with van der Waals surface area (Å²) < 4.78 is 0. The molecule has 0 aliphatic heterocycles. The molecule has 0 spiro atoms. The van der Waals surface area contributed by atoms with Crippen molar-refractivity contribution in [1.29, 1.82) is 0 Å². The zero-order chi connectivity index (χ0) is 8.08. The maximum absolute atomic E-state index is 8.56. The van der Waals surface area contributed by atoms with E-state index in [0.29, 0.717) is 0 Å². The van der Waals surface area contributed by atoms with Gasteiger partial charge < -0.3 is 10.2 Å². The molecule has 0 aromatic rings. The topological polar surface area (TPSA) is 57.5 Å². The molecule has 4 heteroatoms. The summed E-state index contributed by atoms with van der Waals surface area (Å²) in [4.78, 5) is 8.53. The first-order valence-corrected chi connectivity index (χ1v) is 2.72. The summed E-state index contributed by atoms with van der Waals surface area (Å²) in [5, 5.41) is 13.9. The van der Waals surface area contributed by atoms with Crippen LogP contribution in [-0.4, -0.2) is 21.2 Å². The second kappa shape index (κ2) is 4.44. The van der Waals surface area contributed by atoms with Gasteiger partial charge in [-0.15, -0.1) is 11.6 Å². The van der Waals surface area contributed by atoms with Gasteiger partial charge in [-0.1, -0.05) is 0 Å². The molecule has 0 aromatic heterocycles. The van der Waals surface area contributed by atoms with Crippen LogP contribution in [0, 0.1) is 0 Å². The predicted molar refractivity (Wildman–Crippen MR) is 36.3 cm³/mol. The highest BCUT2D eigenvalue weighted by molar-refractivity contribution is 6.23. The first-order chi connectivity index (χ1) is 3.73. The summed E-state index contributed by atoms with van der Waals surface area (Å²) in [6.07, 6.45) is -1.83. The zero-order valence-corrected chi connectivity index (χ0v) is 6.44. The van der Waals surface area contributed by atoms with Crippen molar-refractivity contribution in [3.05, 3.63) is 0 Å². The molecule has 0 bridgehead atoms. The minimum absolute atomic E-state index is 0.0278. The SMILES string of the molecule is CC(C)(C)Cl.O=C(O)O. The lowest BCUT2D eigenvalue weighted by Gasteiger charge is -2.01. The summed E-state index contributed by atoms with van der Waals surface area (Å²) >= 11 is 5.53. The Morgan fingerprint density at radius 1 is 1.33 bits per heavy atom. The van der Waals surface area contributed by atoms with Crippen molar-refractivity contribution in [3.8, 4) is 0 Å². The zero-order valence-electron chi connectivity index (χ0n) is 5.68. The molecular formula is C5H11ClO3. The fourth-order valence-corrected chi connectivity index (χ4v) is 0. The summed E-state index contributed by atoms with van der Waals surface area (Å²) in [5.41, 5.74) is 0. The molecule has 0 aliphatic carbocycles. The molecule has 0 unspecified atom stereocenters. The van der Waals surface area contributed by atoms with Crippen LogP contribution in [0.15, 0.2) is 0 Å². The fraction of sp³-hybridized carbons (Fsp3) is 0.800. The van der Waals surface area contributed by atoms with Gasteiger partial charge >= 0.3 is 6.16 Å². The minimum atomic E-state index is -1.83. The number of halogens is 1. The van der Waals surface area contributed by atoms with E-state index >= 15 is 0 Å². The third kappa shape index (κ3) is 1210. The van der Waals surface area contributed by atoms with E-state index in [1.807, 2.05) is 20.8 Å². The highest BCUT2D eigenvalue weighted by Gasteiger charge is 1.99. The van der Waals surface area contributed by atoms with Gasteiger partial charge in [-0.2, -0.15) is 0 Å². The van der Waals surface area contributed by atoms with Gasteiger partial charge in [0.2, 0.25) is 0 Å². The largest absolute Gasteiger partial charge is 0.503 e. The van der Waals surface area contributed by atoms with Gasteiger partial charge in [-0.05, 0) is 20.8 Å². The van der Waals surface area contributed by atoms with Gasteiger partial charge in [0.1, 0.15) is 0 Å². The molecule has 0 atom stereocenters. The highest BCUT2D eigenvalue weighted by atomic mass is 35.5. The van der Waals surface area contributed by atoms with Gasteiger partial charge in [0.05, 0.1) is 0 Å². The first kappa shape index (κ1) is 11.4. The van der Waals surface area contributed by atoms with E-state index < -0.39 is 6.16 Å². The number of rotatable bonds is 0. The number of hydrogen-bond donors (Lipinski definition) is 2. The Morgan fingerprint density at radius 2 is 1.33 bits per heavy atom. The van der Waals surface area contributed by atoms with Crippen LogP contribution in [0.25, 0.3) is 0 Å². The Bertz CT molecular complexity index is 74.7. The van der Waals surface area contributed by atoms with E-state index in [2.05, 4.69) is 0 Å². The summed E-state index contributed by atoms with van der Waals surface area (Å²) in [6, 6.07) is 0. The standard InChI is InChI=1S/C4H9Cl.CH2O3/c1-4(2,3)5;2-1(3)4/h1-3H3;(H2,2,3,4). The summed E-state index contributed by atoms with van der Waals surface area (Å²) in [5.74, 6) is 0. The van der Waals surface area contributed by atoms with Gasteiger partial charge in [-0.3, -0.25) is 0 Å². The van der Waals surface area contributed by atoms with E-state index in [-0.39, 0.29) is 4.87 Å². The molecule has 2 N–H and O–H groups in total.